The van der Waals surface area contributed by atoms with Gasteiger partial charge in [0.15, 0.2) is 0 Å². The average molecular weight is 393 g/mol. The second-order valence-corrected chi connectivity index (χ2v) is 5.94. The highest BCUT2D eigenvalue weighted by Crippen LogP contribution is 2.19. The first-order valence-electron chi connectivity index (χ1n) is 6.39. The first-order valence-corrected chi connectivity index (χ1v) is 7.47. The predicted octanol–water partition coefficient (Wildman–Crippen LogP) is 0.927. The normalized spacial score (nSPS) is 20.6. The Balaban J connectivity index is 2.09. The van der Waals surface area contributed by atoms with E-state index < -0.39 is 11.8 Å². The molecule has 0 bridgehead atoms. The van der Waals surface area contributed by atoms with E-state index in [0.717, 1.165) is 14.3 Å². The van der Waals surface area contributed by atoms with Crippen molar-refractivity contribution in [3.63, 3.8) is 0 Å². The van der Waals surface area contributed by atoms with Crippen LogP contribution in [0.15, 0.2) is 0 Å². The highest BCUT2D eigenvalue weighted by molar-refractivity contribution is 14.1. The molecule has 20 heavy (non-hydrogen) atoms. The third-order valence-electron chi connectivity index (χ3n) is 3.13. The second kappa shape index (κ2) is 6.11. The quantitative estimate of drug-likeness (QED) is 0.612. The molecule has 110 valence electrons. The number of methoxy groups -OCH3 is 1. The fraction of sp³-hybridized carbons (Fsp3) is 0.538. The number of ether oxygens (including phenoxy) is 1. The lowest BCUT2D eigenvalue weighted by molar-refractivity contribution is 0.170. The predicted molar refractivity (Wildman–Crippen MR) is 82.3 cm³/mol. The molecule has 0 aliphatic heterocycles. The molecule has 0 spiro atoms. The highest BCUT2D eigenvalue weighted by atomic mass is 127. The van der Waals surface area contributed by atoms with Crippen LogP contribution in [-0.4, -0.2) is 35.2 Å². The third-order valence-corrected chi connectivity index (χ3v) is 3.93. The fourth-order valence-corrected chi connectivity index (χ4v) is 2.86. The Morgan fingerprint density at radius 3 is 3.15 bits per heavy atom. The molecule has 1 heterocycles. The van der Waals surface area contributed by atoms with Crippen molar-refractivity contribution in [3.05, 3.63) is 14.3 Å². The molecule has 1 amide bonds. The number of nitrogens with one attached hydrogen (secondary N) is 1. The molecule has 2 rings (SSSR count). The fourth-order valence-electron chi connectivity index (χ4n) is 2.11. The lowest BCUT2D eigenvalue weighted by atomic mass is 9.99. The number of aromatic nitrogens is 2. The molecule has 0 saturated heterocycles. The van der Waals surface area contributed by atoms with Crippen LogP contribution in [0.1, 0.15) is 19.8 Å². The van der Waals surface area contributed by atoms with Gasteiger partial charge < -0.3 is 10.1 Å². The summed E-state index contributed by atoms with van der Waals surface area (Å²) in [7, 11) is 1.33. The number of alkyl halides is 1. The smallest absolute Gasteiger partial charge is 0.406 e. The SMILES string of the molecule is COC(=O)NCCCn1nc(I)c2c1=CC(C)(F)CC=2. The Morgan fingerprint density at radius 2 is 2.45 bits per heavy atom. The maximum absolute atomic E-state index is 14.1. The van der Waals surface area contributed by atoms with Crippen LogP contribution in [0.2, 0.25) is 0 Å². The number of halogens is 2. The molecule has 1 aliphatic carbocycles. The van der Waals surface area contributed by atoms with Crippen LogP contribution in [0.3, 0.4) is 0 Å². The van der Waals surface area contributed by atoms with Gasteiger partial charge in [-0.1, -0.05) is 6.08 Å². The summed E-state index contributed by atoms with van der Waals surface area (Å²) in [5, 5.41) is 8.86. The van der Waals surface area contributed by atoms with Gasteiger partial charge >= 0.3 is 6.09 Å². The van der Waals surface area contributed by atoms with Crippen molar-refractivity contribution in [2.75, 3.05) is 13.7 Å². The maximum atomic E-state index is 14.1. The summed E-state index contributed by atoms with van der Waals surface area (Å²) in [4.78, 5) is 10.9. The van der Waals surface area contributed by atoms with Gasteiger partial charge in [-0.05, 0) is 42.0 Å². The van der Waals surface area contributed by atoms with Crippen LogP contribution in [0.25, 0.3) is 12.2 Å². The number of rotatable bonds is 4. The number of nitrogens with zero attached hydrogens (tertiary/aromatic N) is 2. The van der Waals surface area contributed by atoms with Crippen molar-refractivity contribution in [1.29, 1.82) is 0 Å². The van der Waals surface area contributed by atoms with Gasteiger partial charge in [0.05, 0.1) is 12.5 Å². The molecule has 5 nitrogen and oxygen atoms in total. The lowest BCUT2D eigenvalue weighted by Gasteiger charge is -2.15. The molecule has 7 heteroatoms. The zero-order valence-electron chi connectivity index (χ0n) is 11.4. The van der Waals surface area contributed by atoms with E-state index in [1.165, 1.54) is 7.11 Å². The zero-order valence-corrected chi connectivity index (χ0v) is 13.6. The minimum Gasteiger partial charge on any atom is -0.453 e. The molecule has 1 N–H and O–H groups in total. The van der Waals surface area contributed by atoms with Gasteiger partial charge in [-0.25, -0.2) is 9.18 Å². The first kappa shape index (κ1) is 15.3. The van der Waals surface area contributed by atoms with Gasteiger partial charge in [-0.2, -0.15) is 5.10 Å². The van der Waals surface area contributed by atoms with Crippen molar-refractivity contribution in [2.45, 2.75) is 32.0 Å². The van der Waals surface area contributed by atoms with E-state index in [2.05, 4.69) is 37.7 Å². The first-order chi connectivity index (χ1) is 9.43. The number of alkyl carbamates (subject to hydrolysis) is 1. The van der Waals surface area contributed by atoms with Crippen molar-refractivity contribution in [2.24, 2.45) is 0 Å². The number of fused-ring (bicyclic) bond motifs is 1. The van der Waals surface area contributed by atoms with Crippen LogP contribution in [0.5, 0.6) is 0 Å². The third kappa shape index (κ3) is 3.50. The van der Waals surface area contributed by atoms with Gasteiger partial charge in [0, 0.05) is 24.7 Å². The lowest BCUT2D eigenvalue weighted by Crippen LogP contribution is -2.38. The van der Waals surface area contributed by atoms with Crippen molar-refractivity contribution in [3.8, 4) is 0 Å². The molecule has 1 atom stereocenters. The zero-order chi connectivity index (χ0) is 14.8. The summed E-state index contributed by atoms with van der Waals surface area (Å²) in [6.07, 6.45) is 4.17. The Morgan fingerprint density at radius 1 is 1.70 bits per heavy atom. The minimum absolute atomic E-state index is 0.381. The summed E-state index contributed by atoms with van der Waals surface area (Å²) in [6, 6.07) is 0. The van der Waals surface area contributed by atoms with Crippen LogP contribution >= 0.6 is 22.6 Å². The van der Waals surface area contributed by atoms with E-state index in [1.54, 1.807) is 17.7 Å². The van der Waals surface area contributed by atoms with Crippen LogP contribution in [-0.2, 0) is 11.3 Å². The maximum Gasteiger partial charge on any atom is 0.406 e. The Hall–Kier alpha value is -1.12. The molecule has 0 saturated carbocycles. The monoisotopic (exact) mass is 393 g/mol. The highest BCUT2D eigenvalue weighted by Gasteiger charge is 2.23. The molecular formula is C13H17FIN3O2. The number of carbonyl (C=O) groups excluding carboxylic acids is 1. The van der Waals surface area contributed by atoms with E-state index in [-0.39, 0.29) is 0 Å². The Kier molecular flexibility index (Phi) is 4.66. The van der Waals surface area contributed by atoms with Gasteiger partial charge in [-0.3, -0.25) is 4.68 Å². The molecule has 1 aromatic rings. The summed E-state index contributed by atoms with van der Waals surface area (Å²) in [5.41, 5.74) is -1.32. The molecule has 1 unspecified atom stereocenters. The number of hydrogen-bond acceptors (Lipinski definition) is 3. The Bertz CT molecular complexity index is 624. The van der Waals surface area contributed by atoms with Crippen molar-refractivity contribution < 1.29 is 13.9 Å². The molecular weight excluding hydrogens is 376 g/mol. The number of aryl methyl sites for hydroxylation is 1. The summed E-state index contributed by atoms with van der Waals surface area (Å²) < 4.78 is 21.2. The molecule has 0 radical (unpaired) electrons. The van der Waals surface area contributed by atoms with Crippen LogP contribution in [0.4, 0.5) is 9.18 Å². The topological polar surface area (TPSA) is 56.1 Å². The van der Waals surface area contributed by atoms with Crippen LogP contribution < -0.4 is 15.9 Å². The average Bonchev–Trinajstić information content (AvgIpc) is 2.69. The summed E-state index contributed by atoms with van der Waals surface area (Å²) >= 11 is 2.16. The molecule has 1 aliphatic rings. The van der Waals surface area contributed by atoms with E-state index in [0.29, 0.717) is 25.9 Å². The van der Waals surface area contributed by atoms with Gasteiger partial charge in [0.1, 0.15) is 9.37 Å². The van der Waals surface area contributed by atoms with Gasteiger partial charge in [0.2, 0.25) is 0 Å². The summed E-state index contributed by atoms with van der Waals surface area (Å²) in [6.45, 7) is 2.68. The van der Waals surface area contributed by atoms with Gasteiger partial charge in [-0.15, -0.1) is 0 Å². The van der Waals surface area contributed by atoms with Crippen LogP contribution in [0, 0.1) is 3.70 Å². The standard InChI is InChI=1S/C13H17FIN3O2/c1-13(14)5-4-9-10(8-13)18(17-11(9)15)7-3-6-16-12(19)20-2/h4,8H,3,5-7H2,1-2H3,(H,16,19). The second-order valence-electron chi connectivity index (χ2n) is 4.92. The largest absolute Gasteiger partial charge is 0.453 e. The van der Waals surface area contributed by atoms with Gasteiger partial charge in [0.25, 0.3) is 0 Å². The van der Waals surface area contributed by atoms with Crippen molar-refractivity contribution >= 4 is 40.8 Å². The van der Waals surface area contributed by atoms with Crippen molar-refractivity contribution in [1.82, 2.24) is 15.1 Å². The van der Waals surface area contributed by atoms with E-state index >= 15 is 0 Å². The minimum atomic E-state index is -1.32. The number of amides is 1. The van der Waals surface area contributed by atoms with E-state index in [9.17, 15) is 9.18 Å². The number of hydrogen-bond donors (Lipinski definition) is 1. The molecule has 0 aromatic carbocycles. The van der Waals surface area contributed by atoms with E-state index in [1.807, 2.05) is 6.08 Å². The Labute approximate surface area is 130 Å². The molecule has 1 aromatic heterocycles. The van der Waals surface area contributed by atoms with E-state index in [4.69, 9.17) is 0 Å². The molecule has 0 fully saturated rings. The number of carbonyl (C=O) groups is 1. The summed E-state index contributed by atoms with van der Waals surface area (Å²) in [5.74, 6) is 0.